The van der Waals surface area contributed by atoms with Crippen LogP contribution in [-0.4, -0.2) is 16.2 Å². The molecular weight excluding hydrogens is 162 g/mol. The van der Waals surface area contributed by atoms with Gasteiger partial charge in [0.25, 0.3) is 0 Å². The molecule has 2 rings (SSSR count). The van der Waals surface area contributed by atoms with Crippen LogP contribution in [0.3, 0.4) is 0 Å². The van der Waals surface area contributed by atoms with Crippen molar-refractivity contribution in [3.8, 4) is 0 Å². The smallest absolute Gasteiger partial charge is 0.0603 e. The number of rotatable bonds is 1. The largest absolute Gasteiger partial charge is 0.393 e. The van der Waals surface area contributed by atoms with Crippen molar-refractivity contribution in [2.75, 3.05) is 0 Å². The second-order valence-corrected chi connectivity index (χ2v) is 4.41. The molecule has 1 saturated carbocycles. The molecule has 1 aliphatic rings. The molecule has 0 saturated heterocycles. The SMILES string of the molecule is CC1(C)[C@@H](O)C[C@H]1c1cccnc1. The van der Waals surface area contributed by atoms with Gasteiger partial charge in [0.05, 0.1) is 6.10 Å². The van der Waals surface area contributed by atoms with Crippen molar-refractivity contribution in [3.63, 3.8) is 0 Å². The minimum Gasteiger partial charge on any atom is -0.393 e. The predicted octanol–water partition coefficient (Wildman–Crippen LogP) is 1.96. The maximum atomic E-state index is 9.59. The van der Waals surface area contributed by atoms with Crippen molar-refractivity contribution >= 4 is 0 Å². The van der Waals surface area contributed by atoms with Crippen molar-refractivity contribution in [2.45, 2.75) is 32.3 Å². The Balaban J connectivity index is 2.22. The van der Waals surface area contributed by atoms with Crippen LogP contribution in [0.2, 0.25) is 0 Å². The highest BCUT2D eigenvalue weighted by atomic mass is 16.3. The first-order valence-corrected chi connectivity index (χ1v) is 4.70. The van der Waals surface area contributed by atoms with Gasteiger partial charge >= 0.3 is 0 Å². The fourth-order valence-corrected chi connectivity index (χ4v) is 2.05. The van der Waals surface area contributed by atoms with E-state index in [1.54, 1.807) is 6.20 Å². The molecule has 1 aromatic rings. The lowest BCUT2D eigenvalue weighted by atomic mass is 9.58. The van der Waals surface area contributed by atoms with Crippen LogP contribution in [-0.2, 0) is 0 Å². The maximum absolute atomic E-state index is 9.59. The Morgan fingerprint density at radius 2 is 2.31 bits per heavy atom. The van der Waals surface area contributed by atoms with Crippen LogP contribution in [0.4, 0.5) is 0 Å². The van der Waals surface area contributed by atoms with E-state index in [1.165, 1.54) is 5.56 Å². The van der Waals surface area contributed by atoms with Crippen LogP contribution in [0.15, 0.2) is 24.5 Å². The van der Waals surface area contributed by atoms with Crippen LogP contribution >= 0.6 is 0 Å². The van der Waals surface area contributed by atoms with Gasteiger partial charge in [0.15, 0.2) is 0 Å². The lowest BCUT2D eigenvalue weighted by Gasteiger charge is -2.49. The first-order valence-electron chi connectivity index (χ1n) is 4.70. The number of nitrogens with zero attached hydrogens (tertiary/aromatic N) is 1. The molecule has 0 unspecified atom stereocenters. The molecule has 1 aromatic heterocycles. The molecule has 2 atom stereocenters. The monoisotopic (exact) mass is 177 g/mol. The van der Waals surface area contributed by atoms with Crippen LogP contribution < -0.4 is 0 Å². The molecule has 1 N–H and O–H groups in total. The molecule has 1 aliphatic carbocycles. The Morgan fingerprint density at radius 1 is 1.54 bits per heavy atom. The first kappa shape index (κ1) is 8.70. The Morgan fingerprint density at radius 3 is 2.77 bits per heavy atom. The number of aliphatic hydroxyl groups is 1. The summed E-state index contributed by atoms with van der Waals surface area (Å²) < 4.78 is 0. The zero-order valence-electron chi connectivity index (χ0n) is 8.07. The van der Waals surface area contributed by atoms with Gasteiger partial charge in [-0.3, -0.25) is 4.98 Å². The molecule has 1 fully saturated rings. The third-order valence-electron chi connectivity index (χ3n) is 3.30. The van der Waals surface area contributed by atoms with E-state index in [4.69, 9.17) is 0 Å². The van der Waals surface area contributed by atoms with Gasteiger partial charge in [0, 0.05) is 12.4 Å². The molecule has 0 aliphatic heterocycles. The summed E-state index contributed by atoms with van der Waals surface area (Å²) >= 11 is 0. The summed E-state index contributed by atoms with van der Waals surface area (Å²) in [6, 6.07) is 4.04. The standard InChI is InChI=1S/C11H15NO/c1-11(2)9(6-10(11)13)8-4-3-5-12-7-8/h3-5,7,9-10,13H,6H2,1-2H3/t9-,10-/m0/s1. The van der Waals surface area contributed by atoms with Crippen molar-refractivity contribution in [1.82, 2.24) is 4.98 Å². The fourth-order valence-electron chi connectivity index (χ4n) is 2.05. The minimum absolute atomic E-state index is 0.0169. The van der Waals surface area contributed by atoms with E-state index >= 15 is 0 Å². The summed E-state index contributed by atoms with van der Waals surface area (Å²) in [6.45, 7) is 4.22. The van der Waals surface area contributed by atoms with Gasteiger partial charge < -0.3 is 5.11 Å². The van der Waals surface area contributed by atoms with Gasteiger partial charge in [-0.2, -0.15) is 0 Å². The number of hydrogen-bond donors (Lipinski definition) is 1. The first-order chi connectivity index (χ1) is 6.12. The quantitative estimate of drug-likeness (QED) is 0.711. The van der Waals surface area contributed by atoms with Crippen molar-refractivity contribution in [2.24, 2.45) is 5.41 Å². The Bertz CT molecular complexity index is 294. The van der Waals surface area contributed by atoms with E-state index in [0.717, 1.165) is 6.42 Å². The van der Waals surface area contributed by atoms with E-state index in [-0.39, 0.29) is 11.5 Å². The molecule has 0 spiro atoms. The van der Waals surface area contributed by atoms with E-state index in [2.05, 4.69) is 24.9 Å². The second-order valence-electron chi connectivity index (χ2n) is 4.41. The van der Waals surface area contributed by atoms with Gasteiger partial charge in [-0.25, -0.2) is 0 Å². The molecule has 2 nitrogen and oxygen atoms in total. The zero-order chi connectivity index (χ0) is 9.47. The molecule has 70 valence electrons. The highest BCUT2D eigenvalue weighted by molar-refractivity contribution is 5.23. The van der Waals surface area contributed by atoms with Gasteiger partial charge in [-0.15, -0.1) is 0 Å². The van der Waals surface area contributed by atoms with Gasteiger partial charge in [0.2, 0.25) is 0 Å². The van der Waals surface area contributed by atoms with Crippen LogP contribution in [0, 0.1) is 5.41 Å². The molecule has 1 heterocycles. The third kappa shape index (κ3) is 1.25. The van der Waals surface area contributed by atoms with Crippen LogP contribution in [0.25, 0.3) is 0 Å². The van der Waals surface area contributed by atoms with Gasteiger partial charge in [-0.1, -0.05) is 19.9 Å². The van der Waals surface area contributed by atoms with E-state index < -0.39 is 0 Å². The van der Waals surface area contributed by atoms with Crippen molar-refractivity contribution in [1.29, 1.82) is 0 Å². The number of aromatic nitrogens is 1. The highest BCUT2D eigenvalue weighted by Gasteiger charge is 2.47. The molecule has 2 heteroatoms. The number of pyridine rings is 1. The Kier molecular flexibility index (Phi) is 1.88. The summed E-state index contributed by atoms with van der Waals surface area (Å²) in [5.41, 5.74) is 1.26. The number of aliphatic hydroxyl groups excluding tert-OH is 1. The third-order valence-corrected chi connectivity index (χ3v) is 3.30. The molecule has 13 heavy (non-hydrogen) atoms. The van der Waals surface area contributed by atoms with E-state index in [0.29, 0.717) is 5.92 Å². The van der Waals surface area contributed by atoms with Crippen molar-refractivity contribution < 1.29 is 5.11 Å². The van der Waals surface area contributed by atoms with E-state index in [1.807, 2.05) is 12.3 Å². The molecule has 0 bridgehead atoms. The summed E-state index contributed by atoms with van der Waals surface area (Å²) in [7, 11) is 0. The van der Waals surface area contributed by atoms with Gasteiger partial charge in [-0.05, 0) is 29.4 Å². The maximum Gasteiger partial charge on any atom is 0.0603 e. The predicted molar refractivity (Wildman–Crippen MR) is 51.4 cm³/mol. The summed E-state index contributed by atoms with van der Waals surface area (Å²) in [4.78, 5) is 4.10. The van der Waals surface area contributed by atoms with Crippen LogP contribution in [0.1, 0.15) is 31.7 Å². The lowest BCUT2D eigenvalue weighted by molar-refractivity contribution is -0.0626. The van der Waals surface area contributed by atoms with Gasteiger partial charge in [0.1, 0.15) is 0 Å². The van der Waals surface area contributed by atoms with Crippen molar-refractivity contribution in [3.05, 3.63) is 30.1 Å². The lowest BCUT2D eigenvalue weighted by Crippen LogP contribution is -2.47. The fraction of sp³-hybridized carbons (Fsp3) is 0.545. The molecular formula is C11H15NO. The average molecular weight is 177 g/mol. The van der Waals surface area contributed by atoms with E-state index in [9.17, 15) is 5.11 Å². The minimum atomic E-state index is -0.155. The molecule has 0 amide bonds. The zero-order valence-corrected chi connectivity index (χ0v) is 8.07. The molecule has 0 aromatic carbocycles. The average Bonchev–Trinajstić information content (AvgIpc) is 2.15. The summed E-state index contributed by atoms with van der Waals surface area (Å²) in [5, 5.41) is 9.59. The molecule has 0 radical (unpaired) electrons. The summed E-state index contributed by atoms with van der Waals surface area (Å²) in [5.74, 6) is 0.469. The normalized spacial score (nSPS) is 31.0. The number of hydrogen-bond acceptors (Lipinski definition) is 2. The van der Waals surface area contributed by atoms with Crippen LogP contribution in [0.5, 0.6) is 0 Å². The Labute approximate surface area is 78.6 Å². The highest BCUT2D eigenvalue weighted by Crippen LogP contribution is 2.52. The summed E-state index contributed by atoms with van der Waals surface area (Å²) in [6.07, 6.45) is 4.40. The second kappa shape index (κ2) is 2.81. The topological polar surface area (TPSA) is 33.1 Å². The Hall–Kier alpha value is -0.890.